The molecule has 0 spiro atoms. The number of benzene rings is 3. The lowest BCUT2D eigenvalue weighted by Gasteiger charge is -2.26. The van der Waals surface area contributed by atoms with Crippen molar-refractivity contribution in [2.24, 2.45) is 0 Å². The molecular formula is C34H31F2N3O2. The number of alkyl halides is 2. The van der Waals surface area contributed by atoms with Gasteiger partial charge < -0.3 is 9.88 Å². The summed E-state index contributed by atoms with van der Waals surface area (Å²) in [6, 6.07) is 24.1. The first-order valence-corrected chi connectivity index (χ1v) is 14.4. The summed E-state index contributed by atoms with van der Waals surface area (Å²) in [6.07, 6.45) is 5.00. The van der Waals surface area contributed by atoms with Crippen molar-refractivity contribution in [3.05, 3.63) is 123 Å². The zero-order valence-corrected chi connectivity index (χ0v) is 22.7. The first-order valence-electron chi connectivity index (χ1n) is 14.4. The van der Waals surface area contributed by atoms with Crippen LogP contribution in [0.1, 0.15) is 71.8 Å². The van der Waals surface area contributed by atoms with Crippen molar-refractivity contribution >= 4 is 5.91 Å². The molecule has 41 heavy (non-hydrogen) atoms. The van der Waals surface area contributed by atoms with Gasteiger partial charge in [-0.25, -0.2) is 4.98 Å². The minimum atomic E-state index is -3.74. The summed E-state index contributed by atoms with van der Waals surface area (Å²) in [5, 5.41) is 0. The SMILES string of the molecule is O=C(N1CCCc2nc(C3(c4ccccc4)CC3)[nH]c(=O)c2C1)C(F)(F)c1cccc(-c2cccc(C3CC3)c2)c1. The van der Waals surface area contributed by atoms with Crippen molar-refractivity contribution in [3.63, 3.8) is 0 Å². The van der Waals surface area contributed by atoms with Gasteiger partial charge in [-0.1, -0.05) is 72.8 Å². The molecule has 1 aliphatic heterocycles. The highest BCUT2D eigenvalue weighted by molar-refractivity contribution is 5.85. The van der Waals surface area contributed by atoms with Gasteiger partial charge in [0.1, 0.15) is 5.82 Å². The number of aromatic amines is 1. The van der Waals surface area contributed by atoms with Gasteiger partial charge in [0, 0.05) is 12.1 Å². The molecule has 1 amide bonds. The van der Waals surface area contributed by atoms with E-state index in [1.165, 1.54) is 17.7 Å². The van der Waals surface area contributed by atoms with Crippen molar-refractivity contribution < 1.29 is 13.6 Å². The molecule has 7 rings (SSSR count). The lowest BCUT2D eigenvalue weighted by Crippen LogP contribution is -2.42. The summed E-state index contributed by atoms with van der Waals surface area (Å²) < 4.78 is 31.6. The van der Waals surface area contributed by atoms with E-state index in [9.17, 15) is 9.59 Å². The Balaban J connectivity index is 1.15. The lowest BCUT2D eigenvalue weighted by molar-refractivity contribution is -0.159. The van der Waals surface area contributed by atoms with Crippen LogP contribution in [0.4, 0.5) is 8.78 Å². The van der Waals surface area contributed by atoms with Crippen LogP contribution >= 0.6 is 0 Å². The van der Waals surface area contributed by atoms with Crippen LogP contribution in [-0.4, -0.2) is 27.3 Å². The molecule has 1 N–H and O–H groups in total. The minimum absolute atomic E-state index is 0.131. The van der Waals surface area contributed by atoms with Crippen molar-refractivity contribution in [1.82, 2.24) is 14.9 Å². The molecule has 0 atom stereocenters. The van der Waals surface area contributed by atoms with Crippen molar-refractivity contribution in [2.75, 3.05) is 6.54 Å². The predicted octanol–water partition coefficient (Wildman–Crippen LogP) is 6.46. The number of halogens is 2. The van der Waals surface area contributed by atoms with Crippen LogP contribution in [-0.2, 0) is 29.1 Å². The van der Waals surface area contributed by atoms with Crippen LogP contribution in [0.5, 0.6) is 0 Å². The molecule has 0 saturated heterocycles. The quantitative estimate of drug-likeness (QED) is 0.299. The van der Waals surface area contributed by atoms with Crippen LogP contribution in [0.15, 0.2) is 83.7 Å². The number of aryl methyl sites for hydroxylation is 1. The van der Waals surface area contributed by atoms with Gasteiger partial charge in [0.05, 0.1) is 23.2 Å². The maximum atomic E-state index is 15.8. The van der Waals surface area contributed by atoms with Crippen molar-refractivity contribution in [3.8, 4) is 11.1 Å². The molecule has 4 aromatic rings. The number of carbonyl (C=O) groups is 1. The smallest absolute Gasteiger partial charge is 0.333 e. The highest BCUT2D eigenvalue weighted by Crippen LogP contribution is 2.52. The molecule has 5 nitrogen and oxygen atoms in total. The molecule has 0 unspecified atom stereocenters. The van der Waals surface area contributed by atoms with Gasteiger partial charge in [0.2, 0.25) is 0 Å². The van der Waals surface area contributed by atoms with E-state index in [0.717, 1.165) is 41.7 Å². The molecule has 3 aromatic carbocycles. The topological polar surface area (TPSA) is 66.1 Å². The van der Waals surface area contributed by atoms with E-state index in [-0.39, 0.29) is 29.6 Å². The van der Waals surface area contributed by atoms with Crippen LogP contribution in [0, 0.1) is 0 Å². The van der Waals surface area contributed by atoms with Gasteiger partial charge in [-0.2, -0.15) is 8.78 Å². The summed E-state index contributed by atoms with van der Waals surface area (Å²) in [7, 11) is 0. The Morgan fingerprint density at radius 3 is 2.41 bits per heavy atom. The monoisotopic (exact) mass is 551 g/mol. The molecule has 2 heterocycles. The number of amides is 1. The summed E-state index contributed by atoms with van der Waals surface area (Å²) in [6.45, 7) is -0.0552. The Hall–Kier alpha value is -4.13. The fourth-order valence-electron chi connectivity index (χ4n) is 6.17. The number of aromatic nitrogens is 2. The number of hydrogen-bond donors (Lipinski definition) is 1. The predicted molar refractivity (Wildman–Crippen MR) is 153 cm³/mol. The Labute approximate surface area is 237 Å². The summed E-state index contributed by atoms with van der Waals surface area (Å²) in [4.78, 5) is 35.6. The Morgan fingerprint density at radius 2 is 1.68 bits per heavy atom. The summed E-state index contributed by atoms with van der Waals surface area (Å²) >= 11 is 0. The number of nitrogens with zero attached hydrogens (tertiary/aromatic N) is 2. The maximum absolute atomic E-state index is 15.8. The number of fused-ring (bicyclic) bond motifs is 1. The molecule has 208 valence electrons. The van der Waals surface area contributed by atoms with E-state index in [4.69, 9.17) is 4.98 Å². The van der Waals surface area contributed by atoms with Gasteiger partial charge >= 0.3 is 5.92 Å². The zero-order valence-electron chi connectivity index (χ0n) is 22.7. The standard InChI is InChI=1S/C34H31F2N3O2/c35-34(36,27-12-5-9-25(20-27)24-8-4-7-23(19-24)22-14-15-22)32(41)39-18-6-13-29-28(21-39)30(40)38-31(37-29)33(16-17-33)26-10-2-1-3-11-26/h1-5,7-12,19-20,22H,6,13-18,21H2,(H,37,38,40). The highest BCUT2D eigenvalue weighted by atomic mass is 19.3. The van der Waals surface area contributed by atoms with Crippen LogP contribution in [0.25, 0.3) is 11.1 Å². The third kappa shape index (κ3) is 4.67. The van der Waals surface area contributed by atoms with Crippen molar-refractivity contribution in [1.29, 1.82) is 0 Å². The molecule has 2 saturated carbocycles. The normalized spacial score (nSPS) is 18.0. The summed E-state index contributed by atoms with van der Waals surface area (Å²) in [5.41, 5.74) is 3.72. The van der Waals surface area contributed by atoms with Gasteiger partial charge in [-0.15, -0.1) is 0 Å². The second kappa shape index (κ2) is 9.75. The second-order valence-electron chi connectivity index (χ2n) is 11.7. The molecule has 1 aromatic heterocycles. The van der Waals surface area contributed by atoms with Crippen LogP contribution < -0.4 is 5.56 Å². The van der Waals surface area contributed by atoms with E-state index in [1.54, 1.807) is 12.1 Å². The van der Waals surface area contributed by atoms with E-state index < -0.39 is 11.8 Å². The molecular weight excluding hydrogens is 520 g/mol. The van der Waals surface area contributed by atoms with E-state index >= 15 is 8.78 Å². The fraction of sp³-hybridized carbons (Fsp3) is 0.324. The summed E-state index contributed by atoms with van der Waals surface area (Å²) in [5.74, 6) is -3.85. The average Bonchev–Trinajstić information content (AvgIpc) is 3.90. The Bertz CT molecular complexity index is 1690. The molecule has 7 heteroatoms. The van der Waals surface area contributed by atoms with E-state index in [2.05, 4.69) is 17.1 Å². The third-order valence-corrected chi connectivity index (χ3v) is 8.87. The van der Waals surface area contributed by atoms with E-state index in [0.29, 0.717) is 41.4 Å². The van der Waals surface area contributed by atoms with Gasteiger partial charge in [-0.3, -0.25) is 9.59 Å². The largest absolute Gasteiger partial charge is 0.349 e. The lowest BCUT2D eigenvalue weighted by atomic mass is 9.94. The first kappa shape index (κ1) is 25.8. The number of nitrogens with one attached hydrogen (secondary N) is 1. The fourth-order valence-corrected chi connectivity index (χ4v) is 6.17. The van der Waals surface area contributed by atoms with Crippen LogP contribution in [0.2, 0.25) is 0 Å². The van der Waals surface area contributed by atoms with Gasteiger partial charge in [0.25, 0.3) is 11.5 Å². The molecule has 2 fully saturated rings. The first-order chi connectivity index (χ1) is 19.8. The van der Waals surface area contributed by atoms with Gasteiger partial charge in [0.15, 0.2) is 0 Å². The number of hydrogen-bond acceptors (Lipinski definition) is 3. The van der Waals surface area contributed by atoms with Gasteiger partial charge in [-0.05, 0) is 72.8 Å². The Morgan fingerprint density at radius 1 is 0.951 bits per heavy atom. The third-order valence-electron chi connectivity index (χ3n) is 8.87. The number of H-pyrrole nitrogens is 1. The average molecular weight is 552 g/mol. The Kier molecular flexibility index (Phi) is 6.14. The number of rotatable bonds is 6. The van der Waals surface area contributed by atoms with Crippen LogP contribution in [0.3, 0.4) is 0 Å². The highest BCUT2D eigenvalue weighted by Gasteiger charge is 2.49. The number of carbonyl (C=O) groups excluding carboxylic acids is 1. The molecule has 0 bridgehead atoms. The minimum Gasteiger partial charge on any atom is -0.333 e. The second-order valence-corrected chi connectivity index (χ2v) is 11.7. The zero-order chi connectivity index (χ0) is 28.2. The van der Waals surface area contributed by atoms with Crippen molar-refractivity contribution in [2.45, 2.75) is 62.3 Å². The maximum Gasteiger partial charge on any atom is 0.349 e. The molecule has 2 aliphatic carbocycles. The van der Waals surface area contributed by atoms with E-state index in [1.807, 2.05) is 42.5 Å². The molecule has 3 aliphatic rings. The molecule has 0 radical (unpaired) electrons.